The largest absolute Gasteiger partial charge is 0.306 e. The Labute approximate surface area is 128 Å². The minimum absolute atomic E-state index is 0.0331. The Hall–Kier alpha value is -1.40. The fourth-order valence-electron chi connectivity index (χ4n) is 2.06. The Morgan fingerprint density at radius 3 is 2.24 bits per heavy atom. The van der Waals surface area contributed by atoms with Crippen LogP contribution >= 0.6 is 15.9 Å². The summed E-state index contributed by atoms with van der Waals surface area (Å²) in [5, 5.41) is 2.98. The fourth-order valence-corrected chi connectivity index (χ4v) is 2.46. The maximum absolute atomic E-state index is 13.9. The molecule has 1 N–H and O–H groups in total. The molecule has 2 aromatic rings. The molecule has 1 nitrogen and oxygen atoms in total. The number of halogens is 5. The van der Waals surface area contributed by atoms with Crippen molar-refractivity contribution in [1.82, 2.24) is 5.32 Å². The molecule has 0 aromatic heterocycles. The molecule has 0 spiro atoms. The summed E-state index contributed by atoms with van der Waals surface area (Å²) in [7, 11) is 0. The summed E-state index contributed by atoms with van der Waals surface area (Å²) in [6.07, 6.45) is 0. The minimum Gasteiger partial charge on any atom is -0.306 e. The van der Waals surface area contributed by atoms with Gasteiger partial charge in [0.1, 0.15) is 11.6 Å². The van der Waals surface area contributed by atoms with Gasteiger partial charge in [-0.1, -0.05) is 13.0 Å². The first-order chi connectivity index (χ1) is 9.93. The second-order valence-electron chi connectivity index (χ2n) is 4.45. The summed E-state index contributed by atoms with van der Waals surface area (Å²) < 4.78 is 53.9. The summed E-state index contributed by atoms with van der Waals surface area (Å²) in [4.78, 5) is 0. The second kappa shape index (κ2) is 6.58. The zero-order valence-electron chi connectivity index (χ0n) is 11.1. The molecule has 0 fully saturated rings. The van der Waals surface area contributed by atoms with Gasteiger partial charge < -0.3 is 5.32 Å². The maximum atomic E-state index is 13.9. The van der Waals surface area contributed by atoms with Crippen LogP contribution in [0.15, 0.2) is 34.8 Å². The van der Waals surface area contributed by atoms with E-state index in [-0.39, 0.29) is 10.0 Å². The highest BCUT2D eigenvalue weighted by atomic mass is 79.9. The van der Waals surface area contributed by atoms with Gasteiger partial charge >= 0.3 is 0 Å². The number of benzene rings is 2. The van der Waals surface area contributed by atoms with Gasteiger partial charge in [-0.3, -0.25) is 0 Å². The molecule has 112 valence electrons. The Bertz CT molecular complexity index is 660. The zero-order valence-corrected chi connectivity index (χ0v) is 12.6. The van der Waals surface area contributed by atoms with Crippen LogP contribution in [-0.2, 0) is 0 Å². The lowest BCUT2D eigenvalue weighted by molar-refractivity contribution is 0.481. The predicted molar refractivity (Wildman–Crippen MR) is 75.9 cm³/mol. The van der Waals surface area contributed by atoms with Crippen molar-refractivity contribution < 1.29 is 17.6 Å². The lowest BCUT2D eigenvalue weighted by Crippen LogP contribution is -2.23. The highest BCUT2D eigenvalue weighted by Crippen LogP contribution is 2.29. The number of nitrogens with one attached hydrogen (secondary N) is 1. The van der Waals surface area contributed by atoms with E-state index in [1.165, 1.54) is 18.2 Å². The van der Waals surface area contributed by atoms with Crippen LogP contribution in [0.1, 0.15) is 24.1 Å². The van der Waals surface area contributed by atoms with Crippen LogP contribution in [0.3, 0.4) is 0 Å². The number of rotatable bonds is 4. The standard InChI is InChI=1S/C15H12BrF4N/c1-2-21-15(8-3-4-11(17)10(16)5-8)9-6-13(19)14(20)7-12(9)18/h3-7,15,21H,2H2,1H3. The van der Waals surface area contributed by atoms with Crippen molar-refractivity contribution in [3.63, 3.8) is 0 Å². The van der Waals surface area contributed by atoms with Crippen molar-refractivity contribution in [2.24, 2.45) is 0 Å². The van der Waals surface area contributed by atoms with Gasteiger partial charge in [-0.25, -0.2) is 17.6 Å². The first-order valence-electron chi connectivity index (χ1n) is 6.26. The summed E-state index contributed by atoms with van der Waals surface area (Å²) >= 11 is 3.05. The Balaban J connectivity index is 2.52. The molecule has 1 atom stereocenters. The average Bonchev–Trinajstić information content (AvgIpc) is 2.44. The van der Waals surface area contributed by atoms with E-state index in [9.17, 15) is 17.6 Å². The molecule has 1 unspecified atom stereocenters. The maximum Gasteiger partial charge on any atom is 0.161 e. The number of hydrogen-bond donors (Lipinski definition) is 1. The SMILES string of the molecule is CCNC(c1ccc(F)c(Br)c1)c1cc(F)c(F)cc1F. The molecule has 0 amide bonds. The topological polar surface area (TPSA) is 12.0 Å². The molecule has 0 aliphatic heterocycles. The van der Waals surface area contributed by atoms with E-state index in [4.69, 9.17) is 0 Å². The van der Waals surface area contributed by atoms with Crippen LogP contribution in [0.4, 0.5) is 17.6 Å². The highest BCUT2D eigenvalue weighted by Gasteiger charge is 2.20. The second-order valence-corrected chi connectivity index (χ2v) is 5.31. The van der Waals surface area contributed by atoms with Crippen LogP contribution in [0, 0.1) is 23.3 Å². The Kier molecular flexibility index (Phi) is 5.00. The summed E-state index contributed by atoms with van der Waals surface area (Å²) in [5.74, 6) is -3.69. The quantitative estimate of drug-likeness (QED) is 0.614. The van der Waals surface area contributed by atoms with Crippen LogP contribution < -0.4 is 5.32 Å². The van der Waals surface area contributed by atoms with Crippen molar-refractivity contribution in [3.05, 3.63) is 69.2 Å². The lowest BCUT2D eigenvalue weighted by atomic mass is 9.98. The summed E-state index contributed by atoms with van der Waals surface area (Å²) in [6, 6.07) is 4.78. The highest BCUT2D eigenvalue weighted by molar-refractivity contribution is 9.10. The molecule has 0 radical (unpaired) electrons. The summed E-state index contributed by atoms with van der Waals surface area (Å²) in [6.45, 7) is 2.27. The van der Waals surface area contributed by atoms with Gasteiger partial charge in [0, 0.05) is 11.6 Å². The van der Waals surface area contributed by atoms with Crippen molar-refractivity contribution in [2.45, 2.75) is 13.0 Å². The fraction of sp³-hybridized carbons (Fsp3) is 0.200. The van der Waals surface area contributed by atoms with Crippen molar-refractivity contribution >= 4 is 15.9 Å². The molecule has 6 heteroatoms. The first kappa shape index (κ1) is 16.0. The van der Waals surface area contributed by atoms with E-state index in [2.05, 4.69) is 21.2 Å². The van der Waals surface area contributed by atoms with Gasteiger partial charge in [-0.05, 0) is 46.2 Å². The summed E-state index contributed by atoms with van der Waals surface area (Å²) in [5.41, 5.74) is 0.504. The van der Waals surface area contributed by atoms with E-state index >= 15 is 0 Å². The van der Waals surface area contributed by atoms with Crippen molar-refractivity contribution in [2.75, 3.05) is 6.54 Å². The van der Waals surface area contributed by atoms with E-state index in [1.807, 2.05) is 0 Å². The molecular weight excluding hydrogens is 350 g/mol. The minimum atomic E-state index is -1.24. The lowest BCUT2D eigenvalue weighted by Gasteiger charge is -2.20. The third-order valence-electron chi connectivity index (χ3n) is 3.04. The van der Waals surface area contributed by atoms with Crippen LogP contribution in [0.25, 0.3) is 0 Å². The van der Waals surface area contributed by atoms with Gasteiger partial charge in [-0.15, -0.1) is 0 Å². The van der Waals surface area contributed by atoms with E-state index in [1.54, 1.807) is 6.92 Å². The molecule has 0 saturated carbocycles. The molecule has 2 rings (SSSR count). The van der Waals surface area contributed by atoms with E-state index in [0.717, 1.165) is 6.07 Å². The van der Waals surface area contributed by atoms with Crippen molar-refractivity contribution in [3.8, 4) is 0 Å². The normalized spacial score (nSPS) is 12.5. The van der Waals surface area contributed by atoms with Gasteiger partial charge in [0.25, 0.3) is 0 Å². The number of hydrogen-bond acceptors (Lipinski definition) is 1. The third-order valence-corrected chi connectivity index (χ3v) is 3.64. The molecule has 0 bridgehead atoms. The molecule has 21 heavy (non-hydrogen) atoms. The van der Waals surface area contributed by atoms with Gasteiger partial charge in [-0.2, -0.15) is 0 Å². The third kappa shape index (κ3) is 3.44. The van der Waals surface area contributed by atoms with Crippen LogP contribution in [0.5, 0.6) is 0 Å². The smallest absolute Gasteiger partial charge is 0.161 e. The van der Waals surface area contributed by atoms with Crippen LogP contribution in [0.2, 0.25) is 0 Å². The molecule has 0 saturated heterocycles. The average molecular weight is 362 g/mol. The molecular formula is C15H12BrF4N. The van der Waals surface area contributed by atoms with Gasteiger partial charge in [0.15, 0.2) is 11.6 Å². The van der Waals surface area contributed by atoms with Gasteiger partial charge in [0.2, 0.25) is 0 Å². The van der Waals surface area contributed by atoms with E-state index < -0.39 is 29.3 Å². The first-order valence-corrected chi connectivity index (χ1v) is 7.06. The zero-order chi connectivity index (χ0) is 15.6. The molecule has 0 aliphatic carbocycles. The van der Waals surface area contributed by atoms with Gasteiger partial charge in [0.05, 0.1) is 10.5 Å². The molecule has 0 aliphatic rings. The Morgan fingerprint density at radius 2 is 1.62 bits per heavy atom. The monoisotopic (exact) mass is 361 g/mol. The predicted octanol–water partition coefficient (Wildman–Crippen LogP) is 4.70. The van der Waals surface area contributed by atoms with Crippen LogP contribution in [-0.4, -0.2) is 6.54 Å². The Morgan fingerprint density at radius 1 is 0.952 bits per heavy atom. The van der Waals surface area contributed by atoms with E-state index in [0.29, 0.717) is 18.2 Å². The molecule has 2 aromatic carbocycles. The van der Waals surface area contributed by atoms with Crippen molar-refractivity contribution in [1.29, 1.82) is 0 Å². The molecule has 0 heterocycles.